The van der Waals surface area contributed by atoms with Gasteiger partial charge in [-0.15, -0.1) is 11.6 Å². The highest BCUT2D eigenvalue weighted by Gasteiger charge is 1.97. The maximum Gasteiger partial charge on any atom is 0.165 e. The number of nitrogens with two attached hydrogens (primary N) is 1. The minimum atomic E-state index is -0.493. The molecule has 1 aromatic rings. The number of hydrogen-bond donors (Lipinski definition) is 1. The zero-order valence-electron chi connectivity index (χ0n) is 7.00. The maximum atomic E-state index is 12.8. The Morgan fingerprint density at radius 3 is 3.00 bits per heavy atom. The van der Waals surface area contributed by atoms with Gasteiger partial charge in [-0.3, -0.25) is 0 Å². The van der Waals surface area contributed by atoms with Crippen molar-refractivity contribution < 1.29 is 4.39 Å². The minimum absolute atomic E-state index is 0.0745. The molecule has 1 aromatic heterocycles. The minimum Gasteiger partial charge on any atom is -0.381 e. The lowest BCUT2D eigenvalue weighted by molar-refractivity contribution is 0.627. The van der Waals surface area contributed by atoms with E-state index in [-0.39, 0.29) is 5.82 Å². The molecule has 0 aromatic carbocycles. The van der Waals surface area contributed by atoms with Crippen LogP contribution in [0.15, 0.2) is 18.3 Å². The van der Waals surface area contributed by atoms with Gasteiger partial charge >= 0.3 is 0 Å². The molecule has 0 aliphatic heterocycles. The van der Waals surface area contributed by atoms with Gasteiger partial charge in [0.05, 0.1) is 0 Å². The molecular formula is C9H10ClFN2. The fraction of sp³-hybridized carbons (Fsp3) is 0.222. The Morgan fingerprint density at radius 1 is 1.62 bits per heavy atom. The fourth-order valence-corrected chi connectivity index (χ4v) is 0.963. The second-order valence-electron chi connectivity index (χ2n) is 2.52. The molecule has 2 N–H and O–H groups in total. The van der Waals surface area contributed by atoms with Crippen molar-refractivity contribution in [1.82, 2.24) is 4.98 Å². The van der Waals surface area contributed by atoms with E-state index in [1.165, 1.54) is 12.3 Å². The number of alkyl halides is 1. The molecule has 0 aliphatic carbocycles. The van der Waals surface area contributed by atoms with Crippen LogP contribution in [-0.2, 0) is 0 Å². The van der Waals surface area contributed by atoms with Crippen molar-refractivity contribution in [2.75, 3.05) is 11.6 Å². The molecule has 0 spiro atoms. The highest BCUT2D eigenvalue weighted by molar-refractivity contribution is 6.17. The predicted octanol–water partition coefficient (Wildman–Crippen LogP) is 2.45. The average molecular weight is 201 g/mol. The molecule has 0 fully saturated rings. The van der Waals surface area contributed by atoms with Crippen LogP contribution >= 0.6 is 11.6 Å². The first-order chi connectivity index (χ1) is 6.24. The molecular weight excluding hydrogens is 191 g/mol. The number of anilines is 1. The summed E-state index contributed by atoms with van der Waals surface area (Å²) in [5.41, 5.74) is 5.90. The molecule has 0 saturated carbocycles. The molecule has 0 unspecified atom stereocenters. The topological polar surface area (TPSA) is 38.9 Å². The van der Waals surface area contributed by atoms with Gasteiger partial charge in [0.2, 0.25) is 0 Å². The van der Waals surface area contributed by atoms with Crippen LogP contribution in [0.4, 0.5) is 10.2 Å². The molecule has 2 nitrogen and oxygen atoms in total. The lowest BCUT2D eigenvalue weighted by Gasteiger charge is -1.96. The highest BCUT2D eigenvalue weighted by atomic mass is 35.5. The standard InChI is InChI=1S/C9H10ClFN2/c10-4-2-1-3-7-5-8(11)9(12)13-6-7/h1,3,5-6H,2,4H2,(H2,12,13). The summed E-state index contributed by atoms with van der Waals surface area (Å²) in [6.07, 6.45) is 5.90. The monoisotopic (exact) mass is 200 g/mol. The van der Waals surface area contributed by atoms with E-state index in [0.29, 0.717) is 11.4 Å². The summed E-state index contributed by atoms with van der Waals surface area (Å²) in [7, 11) is 0. The summed E-state index contributed by atoms with van der Waals surface area (Å²) in [5.74, 6) is -0.0102. The van der Waals surface area contributed by atoms with Crippen LogP contribution in [-0.4, -0.2) is 10.9 Å². The second-order valence-corrected chi connectivity index (χ2v) is 2.89. The molecule has 0 radical (unpaired) electrons. The van der Waals surface area contributed by atoms with Gasteiger partial charge in [-0.25, -0.2) is 9.37 Å². The second kappa shape index (κ2) is 4.82. The van der Waals surface area contributed by atoms with Crippen molar-refractivity contribution in [3.05, 3.63) is 29.7 Å². The Kier molecular flexibility index (Phi) is 3.71. The van der Waals surface area contributed by atoms with E-state index in [9.17, 15) is 4.39 Å². The van der Waals surface area contributed by atoms with Gasteiger partial charge < -0.3 is 5.73 Å². The van der Waals surface area contributed by atoms with Crippen LogP contribution in [0, 0.1) is 5.82 Å². The van der Waals surface area contributed by atoms with Gasteiger partial charge in [0.1, 0.15) is 0 Å². The summed E-state index contributed by atoms with van der Waals surface area (Å²) in [5, 5.41) is 0. The molecule has 4 heteroatoms. The number of pyridine rings is 1. The Morgan fingerprint density at radius 2 is 2.38 bits per heavy atom. The first-order valence-corrected chi connectivity index (χ1v) is 4.41. The van der Waals surface area contributed by atoms with E-state index >= 15 is 0 Å². The van der Waals surface area contributed by atoms with E-state index in [1.54, 1.807) is 6.08 Å². The highest BCUT2D eigenvalue weighted by Crippen LogP contribution is 2.09. The van der Waals surface area contributed by atoms with Crippen LogP contribution in [0.25, 0.3) is 6.08 Å². The van der Waals surface area contributed by atoms with Crippen molar-refractivity contribution in [1.29, 1.82) is 0 Å². The number of rotatable bonds is 3. The van der Waals surface area contributed by atoms with E-state index in [0.717, 1.165) is 6.42 Å². The van der Waals surface area contributed by atoms with Crippen LogP contribution in [0.5, 0.6) is 0 Å². The molecule has 0 amide bonds. The van der Waals surface area contributed by atoms with Gasteiger partial charge in [0, 0.05) is 12.1 Å². The average Bonchev–Trinajstić information content (AvgIpc) is 2.12. The first kappa shape index (κ1) is 9.99. The smallest absolute Gasteiger partial charge is 0.165 e. The molecule has 13 heavy (non-hydrogen) atoms. The number of nitrogen functional groups attached to an aromatic ring is 1. The third-order valence-corrected chi connectivity index (χ3v) is 1.70. The summed E-state index contributed by atoms with van der Waals surface area (Å²) in [6.45, 7) is 0. The van der Waals surface area contributed by atoms with Crippen molar-refractivity contribution in [3.8, 4) is 0 Å². The van der Waals surface area contributed by atoms with Crippen LogP contribution in [0.1, 0.15) is 12.0 Å². The largest absolute Gasteiger partial charge is 0.381 e. The lowest BCUT2D eigenvalue weighted by Crippen LogP contribution is -1.94. The summed E-state index contributed by atoms with van der Waals surface area (Å²) >= 11 is 5.46. The van der Waals surface area contributed by atoms with E-state index in [1.807, 2.05) is 6.08 Å². The van der Waals surface area contributed by atoms with Crippen LogP contribution in [0.2, 0.25) is 0 Å². The Bertz CT molecular complexity index is 312. The van der Waals surface area contributed by atoms with E-state index in [4.69, 9.17) is 17.3 Å². The lowest BCUT2D eigenvalue weighted by atomic mass is 10.2. The number of halogens is 2. The van der Waals surface area contributed by atoms with Gasteiger partial charge in [-0.1, -0.05) is 12.2 Å². The third kappa shape index (κ3) is 3.03. The molecule has 70 valence electrons. The molecule has 1 heterocycles. The van der Waals surface area contributed by atoms with Gasteiger partial charge in [0.25, 0.3) is 0 Å². The zero-order valence-corrected chi connectivity index (χ0v) is 7.76. The van der Waals surface area contributed by atoms with Crippen molar-refractivity contribution in [2.24, 2.45) is 0 Å². The summed E-state index contributed by atoms with van der Waals surface area (Å²) < 4.78 is 12.8. The quantitative estimate of drug-likeness (QED) is 0.762. The molecule has 0 bridgehead atoms. The number of allylic oxidation sites excluding steroid dienone is 1. The molecule has 0 atom stereocenters. The number of nitrogens with zero attached hydrogens (tertiary/aromatic N) is 1. The first-order valence-electron chi connectivity index (χ1n) is 3.87. The van der Waals surface area contributed by atoms with Gasteiger partial charge in [-0.05, 0) is 18.1 Å². The van der Waals surface area contributed by atoms with Crippen molar-refractivity contribution in [2.45, 2.75) is 6.42 Å². The fourth-order valence-electron chi connectivity index (χ4n) is 0.837. The third-order valence-electron chi connectivity index (χ3n) is 1.48. The normalized spacial score (nSPS) is 10.9. The van der Waals surface area contributed by atoms with Crippen LogP contribution < -0.4 is 5.73 Å². The molecule has 1 rings (SSSR count). The SMILES string of the molecule is Nc1ncc(C=CCCCl)cc1F. The maximum absolute atomic E-state index is 12.8. The van der Waals surface area contributed by atoms with Gasteiger partial charge in [-0.2, -0.15) is 0 Å². The van der Waals surface area contributed by atoms with Gasteiger partial charge in [0.15, 0.2) is 11.6 Å². The Balaban J connectivity index is 2.73. The van der Waals surface area contributed by atoms with E-state index in [2.05, 4.69) is 4.98 Å². The Labute approximate surface area is 81.2 Å². The number of hydrogen-bond acceptors (Lipinski definition) is 2. The predicted molar refractivity (Wildman–Crippen MR) is 53.0 cm³/mol. The number of aromatic nitrogens is 1. The molecule has 0 aliphatic rings. The summed E-state index contributed by atoms with van der Waals surface area (Å²) in [4.78, 5) is 3.68. The van der Waals surface area contributed by atoms with Crippen LogP contribution in [0.3, 0.4) is 0 Å². The Hall–Kier alpha value is -1.09. The summed E-state index contributed by atoms with van der Waals surface area (Å²) in [6, 6.07) is 1.34. The van der Waals surface area contributed by atoms with Crippen molar-refractivity contribution in [3.63, 3.8) is 0 Å². The van der Waals surface area contributed by atoms with E-state index < -0.39 is 5.82 Å². The van der Waals surface area contributed by atoms with Crippen molar-refractivity contribution >= 4 is 23.5 Å². The zero-order chi connectivity index (χ0) is 9.68. The molecule has 0 saturated heterocycles.